The average Bonchev–Trinajstić information content (AvgIpc) is 2.65. The maximum atomic E-state index is 12.2. The van der Waals surface area contributed by atoms with Crippen LogP contribution in [0.25, 0.3) is 0 Å². The number of ether oxygens (including phenoxy) is 1. The van der Waals surface area contributed by atoms with E-state index in [-0.39, 0.29) is 36.2 Å². The first kappa shape index (κ1) is 23.2. The molecule has 2 atom stereocenters. The monoisotopic (exact) mass is 395 g/mol. The van der Waals surface area contributed by atoms with Gasteiger partial charge in [0.2, 0.25) is 5.12 Å². The summed E-state index contributed by atoms with van der Waals surface area (Å²) in [5.41, 5.74) is 1.27. The van der Waals surface area contributed by atoms with Gasteiger partial charge in [-0.3, -0.25) is 4.79 Å². The molecule has 0 radical (unpaired) electrons. The molecule has 0 saturated carbocycles. The summed E-state index contributed by atoms with van der Waals surface area (Å²) in [6.45, 7) is 1.54. The van der Waals surface area contributed by atoms with Crippen LogP contribution in [0.5, 0.6) is 0 Å². The molecule has 1 N–H and O–H groups in total. The first-order valence-electron chi connectivity index (χ1n) is 7.91. The van der Waals surface area contributed by atoms with Gasteiger partial charge >= 0.3 is 35.7 Å². The number of aliphatic carboxylic acids is 1. The normalized spacial score (nSPS) is 12.2. The summed E-state index contributed by atoms with van der Waals surface area (Å²) in [7, 11) is 0. The summed E-state index contributed by atoms with van der Waals surface area (Å²) < 4.78 is 5.05. The Balaban J connectivity index is 0.00000364. The SMILES string of the molecule is C[C@H](NC(=O)OCc1ccccc1)C(=O)S[C@@H](C(=O)[O-])c1ccccc1.[Na+]. The fourth-order valence-corrected chi connectivity index (χ4v) is 2.98. The Bertz CT molecular complexity index is 757. The van der Waals surface area contributed by atoms with Crippen molar-refractivity contribution in [1.29, 1.82) is 0 Å². The molecule has 0 spiro atoms. The van der Waals surface area contributed by atoms with Gasteiger partial charge in [-0.05, 0) is 18.1 Å². The van der Waals surface area contributed by atoms with Gasteiger partial charge in [-0.15, -0.1) is 0 Å². The number of carboxylic acids is 1. The molecule has 0 aliphatic rings. The largest absolute Gasteiger partial charge is 1.00 e. The van der Waals surface area contributed by atoms with Crippen molar-refractivity contribution in [2.45, 2.75) is 24.8 Å². The summed E-state index contributed by atoms with van der Waals surface area (Å²) in [6.07, 6.45) is -0.750. The molecule has 2 rings (SSSR count). The second-order valence-electron chi connectivity index (χ2n) is 5.47. The Morgan fingerprint density at radius 1 is 1.04 bits per heavy atom. The topological polar surface area (TPSA) is 95.5 Å². The Morgan fingerprint density at radius 3 is 2.15 bits per heavy atom. The van der Waals surface area contributed by atoms with Crippen molar-refractivity contribution in [3.63, 3.8) is 0 Å². The molecule has 2 aromatic rings. The Labute approximate surface area is 184 Å². The number of benzene rings is 2. The minimum absolute atomic E-state index is 0. The number of carbonyl (C=O) groups is 3. The van der Waals surface area contributed by atoms with Gasteiger partial charge in [0.1, 0.15) is 6.61 Å². The fourth-order valence-electron chi connectivity index (χ4n) is 2.10. The van der Waals surface area contributed by atoms with Crippen LogP contribution in [0.2, 0.25) is 0 Å². The van der Waals surface area contributed by atoms with Gasteiger partial charge in [0, 0.05) is 0 Å². The summed E-state index contributed by atoms with van der Waals surface area (Å²) in [5.74, 6) is -1.37. The number of alkyl carbamates (subject to hydrolysis) is 1. The molecular formula is C19H18NNaO5S. The minimum atomic E-state index is -1.37. The third-order valence-electron chi connectivity index (χ3n) is 3.45. The van der Waals surface area contributed by atoms with Gasteiger partial charge in [0.05, 0.1) is 17.3 Å². The summed E-state index contributed by atoms with van der Waals surface area (Å²) in [6, 6.07) is 16.5. The molecule has 136 valence electrons. The first-order valence-corrected chi connectivity index (χ1v) is 8.79. The zero-order valence-electron chi connectivity index (χ0n) is 15.1. The molecule has 0 aliphatic heterocycles. The van der Waals surface area contributed by atoms with Gasteiger partial charge in [0.15, 0.2) is 0 Å². The Hall–Kier alpha value is -1.80. The molecule has 0 heterocycles. The van der Waals surface area contributed by atoms with Crippen LogP contribution in [-0.4, -0.2) is 23.2 Å². The third kappa shape index (κ3) is 7.76. The van der Waals surface area contributed by atoms with E-state index in [1.807, 2.05) is 30.3 Å². The van der Waals surface area contributed by atoms with Gasteiger partial charge in [-0.1, -0.05) is 72.4 Å². The third-order valence-corrected chi connectivity index (χ3v) is 4.74. The number of rotatable bonds is 7. The molecule has 0 fully saturated rings. The van der Waals surface area contributed by atoms with Crippen LogP contribution in [0.15, 0.2) is 60.7 Å². The van der Waals surface area contributed by atoms with Crippen molar-refractivity contribution in [1.82, 2.24) is 5.32 Å². The smallest absolute Gasteiger partial charge is 0.549 e. The van der Waals surface area contributed by atoms with Crippen molar-refractivity contribution in [3.05, 3.63) is 71.8 Å². The summed E-state index contributed by atoms with van der Waals surface area (Å²) in [4.78, 5) is 35.4. The molecule has 0 unspecified atom stereocenters. The fraction of sp³-hybridized carbons (Fsp3) is 0.211. The maximum absolute atomic E-state index is 12.2. The molecule has 8 heteroatoms. The van der Waals surface area contributed by atoms with Crippen molar-refractivity contribution >= 4 is 28.9 Å². The van der Waals surface area contributed by atoms with E-state index in [2.05, 4.69) is 5.32 Å². The van der Waals surface area contributed by atoms with Crippen LogP contribution in [0.3, 0.4) is 0 Å². The van der Waals surface area contributed by atoms with Gasteiger partial charge < -0.3 is 20.0 Å². The predicted molar refractivity (Wildman–Crippen MR) is 96.0 cm³/mol. The Morgan fingerprint density at radius 2 is 1.59 bits per heavy atom. The zero-order valence-corrected chi connectivity index (χ0v) is 17.9. The standard InChI is InChI=1S/C19H19NO5S.Na/c1-13(20-19(24)25-12-14-8-4-2-5-9-14)18(23)26-16(17(21)22)15-10-6-3-7-11-15;/h2-11,13,16H,12H2,1H3,(H,20,24)(H,21,22);/q;+1/p-1/t13-,16+;/m0./s1. The predicted octanol–water partition coefficient (Wildman–Crippen LogP) is -0.944. The molecule has 6 nitrogen and oxygen atoms in total. The van der Waals surface area contributed by atoms with Crippen molar-refractivity contribution in [2.24, 2.45) is 0 Å². The molecule has 0 saturated heterocycles. The van der Waals surface area contributed by atoms with E-state index >= 15 is 0 Å². The second kappa shape index (κ2) is 11.8. The van der Waals surface area contributed by atoms with Gasteiger partial charge in [-0.25, -0.2) is 4.79 Å². The van der Waals surface area contributed by atoms with Crippen molar-refractivity contribution in [3.8, 4) is 0 Å². The number of hydrogen-bond acceptors (Lipinski definition) is 6. The molecule has 2 aromatic carbocycles. The van der Waals surface area contributed by atoms with E-state index in [1.54, 1.807) is 30.3 Å². The van der Waals surface area contributed by atoms with E-state index in [4.69, 9.17) is 4.74 Å². The average molecular weight is 395 g/mol. The molecule has 0 aromatic heterocycles. The minimum Gasteiger partial charge on any atom is -0.549 e. The number of amides is 1. The van der Waals surface area contributed by atoms with Crippen LogP contribution in [0, 0.1) is 0 Å². The molecule has 0 aliphatic carbocycles. The maximum Gasteiger partial charge on any atom is 1.00 e. The van der Waals surface area contributed by atoms with Crippen molar-refractivity contribution in [2.75, 3.05) is 0 Å². The molecule has 27 heavy (non-hydrogen) atoms. The van der Waals surface area contributed by atoms with E-state index in [1.165, 1.54) is 6.92 Å². The first-order chi connectivity index (χ1) is 12.5. The summed E-state index contributed by atoms with van der Waals surface area (Å²) >= 11 is 0.599. The van der Waals surface area contributed by atoms with E-state index in [0.29, 0.717) is 17.3 Å². The zero-order chi connectivity index (χ0) is 18.9. The van der Waals surface area contributed by atoms with Crippen LogP contribution >= 0.6 is 11.8 Å². The van der Waals surface area contributed by atoms with E-state index in [9.17, 15) is 19.5 Å². The van der Waals surface area contributed by atoms with Crippen LogP contribution in [0.4, 0.5) is 4.79 Å². The molecule has 1 amide bonds. The number of hydrogen-bond donors (Lipinski definition) is 1. The summed E-state index contributed by atoms with van der Waals surface area (Å²) in [5, 5.41) is 12.1. The van der Waals surface area contributed by atoms with Crippen LogP contribution < -0.4 is 40.0 Å². The van der Waals surface area contributed by atoms with E-state index in [0.717, 1.165) is 5.56 Å². The number of carbonyl (C=O) groups excluding carboxylic acids is 3. The van der Waals surface area contributed by atoms with Gasteiger partial charge in [0.25, 0.3) is 0 Å². The quantitative estimate of drug-likeness (QED) is 0.608. The van der Waals surface area contributed by atoms with Crippen LogP contribution in [0.1, 0.15) is 23.3 Å². The number of nitrogens with one attached hydrogen (secondary N) is 1. The molecular weight excluding hydrogens is 377 g/mol. The van der Waals surface area contributed by atoms with Crippen molar-refractivity contribution < 1.29 is 53.8 Å². The Kier molecular flexibility index (Phi) is 10.2. The van der Waals surface area contributed by atoms with Gasteiger partial charge in [-0.2, -0.15) is 0 Å². The number of carboxylic acid groups (broad SMARTS) is 1. The van der Waals surface area contributed by atoms with Crippen LogP contribution in [-0.2, 0) is 20.9 Å². The number of thioether (sulfide) groups is 1. The van der Waals surface area contributed by atoms with E-state index < -0.39 is 28.5 Å². The second-order valence-corrected chi connectivity index (χ2v) is 6.58. The molecule has 0 bridgehead atoms.